The number of likely N-dealkylation sites (tertiary alicyclic amines) is 1. The van der Waals surface area contributed by atoms with Gasteiger partial charge in [0.25, 0.3) is 0 Å². The van der Waals surface area contributed by atoms with E-state index in [2.05, 4.69) is 22.0 Å². The molecule has 4 nitrogen and oxygen atoms in total. The standard InChI is InChI=1S/C17H26N2O2/c1-14-4-2-5-15(18-14)7-10-19-11-8-17(9-12-19)16(20)6-3-13-21-17/h2,4-5,16,20H,3,6-13H2,1H3. The predicted molar refractivity (Wildman–Crippen MR) is 82.3 cm³/mol. The summed E-state index contributed by atoms with van der Waals surface area (Å²) in [4.78, 5) is 7.03. The van der Waals surface area contributed by atoms with E-state index < -0.39 is 0 Å². The first-order valence-electron chi connectivity index (χ1n) is 8.15. The van der Waals surface area contributed by atoms with E-state index in [1.165, 1.54) is 5.69 Å². The molecule has 1 aromatic rings. The molecule has 3 rings (SSSR count). The molecule has 0 radical (unpaired) electrons. The number of nitrogens with zero attached hydrogens (tertiary/aromatic N) is 2. The van der Waals surface area contributed by atoms with Crippen molar-refractivity contribution in [2.45, 2.75) is 50.7 Å². The van der Waals surface area contributed by atoms with Crippen LogP contribution in [0.5, 0.6) is 0 Å². The molecule has 2 saturated heterocycles. The molecular formula is C17H26N2O2. The predicted octanol–water partition coefficient (Wildman–Crippen LogP) is 1.94. The van der Waals surface area contributed by atoms with E-state index >= 15 is 0 Å². The van der Waals surface area contributed by atoms with Crippen LogP contribution in [-0.2, 0) is 11.2 Å². The van der Waals surface area contributed by atoms with Crippen molar-refractivity contribution in [3.63, 3.8) is 0 Å². The minimum atomic E-state index is -0.271. The summed E-state index contributed by atoms with van der Waals surface area (Å²) in [5.74, 6) is 0. The molecule has 0 aromatic carbocycles. The third-order valence-corrected chi connectivity index (χ3v) is 4.95. The van der Waals surface area contributed by atoms with Crippen molar-refractivity contribution in [3.05, 3.63) is 29.6 Å². The Labute approximate surface area is 127 Å². The lowest BCUT2D eigenvalue weighted by Gasteiger charge is -2.46. The Balaban J connectivity index is 1.49. The molecule has 1 spiro atoms. The fourth-order valence-electron chi connectivity index (χ4n) is 3.56. The fourth-order valence-corrected chi connectivity index (χ4v) is 3.56. The summed E-state index contributed by atoms with van der Waals surface area (Å²) in [6, 6.07) is 6.22. The third-order valence-electron chi connectivity index (χ3n) is 4.95. The van der Waals surface area contributed by atoms with Crippen molar-refractivity contribution in [3.8, 4) is 0 Å². The molecule has 4 heteroatoms. The zero-order chi connectivity index (χ0) is 14.7. The molecule has 3 heterocycles. The smallest absolute Gasteiger partial charge is 0.0964 e. The van der Waals surface area contributed by atoms with Crippen LogP contribution in [-0.4, -0.2) is 52.9 Å². The van der Waals surface area contributed by atoms with Crippen LogP contribution in [0.2, 0.25) is 0 Å². The second-order valence-electron chi connectivity index (χ2n) is 6.43. The Kier molecular flexibility index (Phi) is 4.57. The van der Waals surface area contributed by atoms with Crippen molar-refractivity contribution >= 4 is 0 Å². The Morgan fingerprint density at radius 1 is 1.38 bits per heavy atom. The van der Waals surface area contributed by atoms with Gasteiger partial charge in [-0.25, -0.2) is 0 Å². The molecule has 0 bridgehead atoms. The Morgan fingerprint density at radius 2 is 2.19 bits per heavy atom. The number of aromatic nitrogens is 1. The normalized spacial score (nSPS) is 26.1. The van der Waals surface area contributed by atoms with E-state index in [-0.39, 0.29) is 11.7 Å². The highest BCUT2D eigenvalue weighted by Gasteiger charge is 2.43. The minimum Gasteiger partial charge on any atom is -0.390 e. The number of aryl methyl sites for hydroxylation is 1. The van der Waals surface area contributed by atoms with Gasteiger partial charge in [0, 0.05) is 44.0 Å². The average molecular weight is 290 g/mol. The summed E-state index contributed by atoms with van der Waals surface area (Å²) < 4.78 is 5.96. The topological polar surface area (TPSA) is 45.6 Å². The van der Waals surface area contributed by atoms with Crippen LogP contribution in [0.25, 0.3) is 0 Å². The number of ether oxygens (including phenoxy) is 1. The van der Waals surface area contributed by atoms with Crippen LogP contribution in [0.15, 0.2) is 18.2 Å². The van der Waals surface area contributed by atoms with Crippen molar-refractivity contribution in [1.82, 2.24) is 9.88 Å². The highest BCUT2D eigenvalue weighted by molar-refractivity contribution is 5.10. The van der Waals surface area contributed by atoms with E-state index in [1.54, 1.807) is 0 Å². The summed E-state index contributed by atoms with van der Waals surface area (Å²) in [7, 11) is 0. The van der Waals surface area contributed by atoms with Crippen LogP contribution in [0.4, 0.5) is 0 Å². The van der Waals surface area contributed by atoms with Gasteiger partial charge < -0.3 is 14.7 Å². The first kappa shape index (κ1) is 14.9. The molecule has 0 aliphatic carbocycles. The molecule has 116 valence electrons. The molecule has 1 atom stereocenters. The second kappa shape index (κ2) is 6.42. The summed E-state index contributed by atoms with van der Waals surface area (Å²) in [5, 5.41) is 10.3. The van der Waals surface area contributed by atoms with Gasteiger partial charge >= 0.3 is 0 Å². The zero-order valence-corrected chi connectivity index (χ0v) is 12.9. The number of rotatable bonds is 3. The van der Waals surface area contributed by atoms with E-state index in [1.807, 2.05) is 13.0 Å². The van der Waals surface area contributed by atoms with Gasteiger partial charge in [-0.05, 0) is 44.7 Å². The minimum absolute atomic E-state index is 0.254. The van der Waals surface area contributed by atoms with Crippen molar-refractivity contribution in [2.24, 2.45) is 0 Å². The van der Waals surface area contributed by atoms with Crippen LogP contribution in [0, 0.1) is 6.92 Å². The first-order valence-corrected chi connectivity index (χ1v) is 8.15. The highest BCUT2D eigenvalue weighted by atomic mass is 16.5. The molecule has 2 fully saturated rings. The monoisotopic (exact) mass is 290 g/mol. The zero-order valence-electron chi connectivity index (χ0n) is 12.9. The number of pyridine rings is 1. The number of aliphatic hydroxyl groups is 1. The van der Waals surface area contributed by atoms with Crippen LogP contribution < -0.4 is 0 Å². The van der Waals surface area contributed by atoms with E-state index in [4.69, 9.17) is 4.74 Å². The Hall–Kier alpha value is -0.970. The van der Waals surface area contributed by atoms with Gasteiger partial charge in [-0.3, -0.25) is 4.98 Å². The van der Waals surface area contributed by atoms with Crippen LogP contribution in [0.1, 0.15) is 37.1 Å². The molecule has 2 aliphatic rings. The van der Waals surface area contributed by atoms with Crippen LogP contribution in [0.3, 0.4) is 0 Å². The Morgan fingerprint density at radius 3 is 2.90 bits per heavy atom. The molecule has 1 N–H and O–H groups in total. The largest absolute Gasteiger partial charge is 0.390 e. The molecule has 0 amide bonds. The second-order valence-corrected chi connectivity index (χ2v) is 6.43. The van der Waals surface area contributed by atoms with E-state index in [9.17, 15) is 5.11 Å². The molecular weight excluding hydrogens is 264 g/mol. The molecule has 21 heavy (non-hydrogen) atoms. The van der Waals surface area contributed by atoms with Gasteiger partial charge in [-0.1, -0.05) is 6.07 Å². The van der Waals surface area contributed by atoms with Gasteiger partial charge in [0.15, 0.2) is 0 Å². The summed E-state index contributed by atoms with van der Waals surface area (Å²) in [6.45, 7) is 5.93. The lowest BCUT2D eigenvalue weighted by atomic mass is 9.82. The van der Waals surface area contributed by atoms with Gasteiger partial charge in [-0.15, -0.1) is 0 Å². The molecule has 1 aromatic heterocycles. The number of aliphatic hydroxyl groups excluding tert-OH is 1. The van der Waals surface area contributed by atoms with Crippen molar-refractivity contribution < 1.29 is 9.84 Å². The number of hydrogen-bond donors (Lipinski definition) is 1. The van der Waals surface area contributed by atoms with Gasteiger partial charge in [0.2, 0.25) is 0 Å². The lowest BCUT2D eigenvalue weighted by molar-refractivity contribution is -0.176. The number of hydrogen-bond acceptors (Lipinski definition) is 4. The van der Waals surface area contributed by atoms with Gasteiger partial charge in [0.1, 0.15) is 0 Å². The number of piperidine rings is 1. The van der Waals surface area contributed by atoms with E-state index in [0.29, 0.717) is 0 Å². The maximum Gasteiger partial charge on any atom is 0.0964 e. The fraction of sp³-hybridized carbons (Fsp3) is 0.706. The van der Waals surface area contributed by atoms with Gasteiger partial charge in [0.05, 0.1) is 11.7 Å². The first-order chi connectivity index (χ1) is 10.2. The third kappa shape index (κ3) is 3.44. The summed E-state index contributed by atoms with van der Waals surface area (Å²) in [6.07, 6.45) is 4.52. The lowest BCUT2D eigenvalue weighted by Crippen LogP contribution is -2.55. The van der Waals surface area contributed by atoms with Crippen LogP contribution >= 0.6 is 0 Å². The van der Waals surface area contributed by atoms with Crippen molar-refractivity contribution in [1.29, 1.82) is 0 Å². The average Bonchev–Trinajstić information content (AvgIpc) is 2.50. The molecule has 1 unspecified atom stereocenters. The Bertz CT molecular complexity index is 470. The maximum atomic E-state index is 10.3. The van der Waals surface area contributed by atoms with Crippen molar-refractivity contribution in [2.75, 3.05) is 26.2 Å². The maximum absolute atomic E-state index is 10.3. The summed E-state index contributed by atoms with van der Waals surface area (Å²) >= 11 is 0. The SMILES string of the molecule is Cc1cccc(CCN2CCC3(CC2)OCCCC3O)n1. The molecule has 2 aliphatic heterocycles. The summed E-state index contributed by atoms with van der Waals surface area (Å²) in [5.41, 5.74) is 2.00. The van der Waals surface area contributed by atoms with Gasteiger partial charge in [-0.2, -0.15) is 0 Å². The quantitative estimate of drug-likeness (QED) is 0.924. The highest BCUT2D eigenvalue weighted by Crippen LogP contribution is 2.35. The molecule has 0 saturated carbocycles. The van der Waals surface area contributed by atoms with E-state index in [0.717, 1.165) is 64.0 Å².